The number of carbonyl (C=O) groups excluding carboxylic acids is 1. The van der Waals surface area contributed by atoms with E-state index in [0.29, 0.717) is 18.9 Å². The lowest BCUT2D eigenvalue weighted by Gasteiger charge is -2.30. The SMILES string of the molecule is Cc1cc(C(=O)Nc2ccccc2N2CCOCC2)on1. The van der Waals surface area contributed by atoms with E-state index in [2.05, 4.69) is 15.4 Å². The zero-order chi connectivity index (χ0) is 14.7. The number of aromatic nitrogens is 1. The van der Waals surface area contributed by atoms with Crippen LogP contribution in [0.15, 0.2) is 34.9 Å². The molecule has 6 nitrogen and oxygen atoms in total. The smallest absolute Gasteiger partial charge is 0.294 e. The van der Waals surface area contributed by atoms with Gasteiger partial charge in [0.1, 0.15) is 0 Å². The quantitative estimate of drug-likeness (QED) is 0.936. The van der Waals surface area contributed by atoms with E-state index in [9.17, 15) is 4.79 Å². The van der Waals surface area contributed by atoms with Crippen LogP contribution < -0.4 is 10.2 Å². The standard InChI is InChI=1S/C15H17N3O3/c1-11-10-14(21-17-11)15(19)16-12-4-2-3-5-13(12)18-6-8-20-9-7-18/h2-5,10H,6-9H2,1H3,(H,16,19). The lowest BCUT2D eigenvalue weighted by Crippen LogP contribution is -2.36. The Labute approximate surface area is 122 Å². The third-order valence-corrected chi connectivity index (χ3v) is 3.36. The van der Waals surface area contributed by atoms with Crippen molar-refractivity contribution in [1.29, 1.82) is 0 Å². The molecule has 2 heterocycles. The van der Waals surface area contributed by atoms with Crippen molar-refractivity contribution in [2.75, 3.05) is 36.5 Å². The van der Waals surface area contributed by atoms with Gasteiger partial charge in [0.15, 0.2) is 0 Å². The second kappa shape index (κ2) is 5.97. The number of hydrogen-bond donors (Lipinski definition) is 1. The Bertz CT molecular complexity index is 633. The van der Waals surface area contributed by atoms with Crippen LogP contribution in [0.1, 0.15) is 16.2 Å². The van der Waals surface area contributed by atoms with Crippen LogP contribution in [0.2, 0.25) is 0 Å². The molecule has 3 rings (SSSR count). The summed E-state index contributed by atoms with van der Waals surface area (Å²) in [6.07, 6.45) is 0. The number of carbonyl (C=O) groups is 1. The van der Waals surface area contributed by atoms with E-state index < -0.39 is 0 Å². The van der Waals surface area contributed by atoms with Gasteiger partial charge in [0, 0.05) is 19.2 Å². The number of nitrogens with one attached hydrogen (secondary N) is 1. The van der Waals surface area contributed by atoms with E-state index in [0.717, 1.165) is 24.5 Å². The van der Waals surface area contributed by atoms with Gasteiger partial charge < -0.3 is 19.5 Å². The van der Waals surface area contributed by atoms with Crippen LogP contribution in [0.3, 0.4) is 0 Å². The number of morpholine rings is 1. The molecule has 0 unspecified atom stereocenters. The highest BCUT2D eigenvalue weighted by Crippen LogP contribution is 2.26. The molecule has 0 saturated carbocycles. The molecular weight excluding hydrogens is 270 g/mol. The molecular formula is C15H17N3O3. The predicted octanol–water partition coefficient (Wildman–Crippen LogP) is 2.07. The summed E-state index contributed by atoms with van der Waals surface area (Å²) in [5.74, 6) is -0.0828. The fourth-order valence-electron chi connectivity index (χ4n) is 2.31. The highest BCUT2D eigenvalue weighted by Gasteiger charge is 2.17. The van der Waals surface area contributed by atoms with Crippen molar-refractivity contribution in [3.63, 3.8) is 0 Å². The van der Waals surface area contributed by atoms with E-state index in [1.165, 1.54) is 0 Å². The number of rotatable bonds is 3. The van der Waals surface area contributed by atoms with Crippen molar-refractivity contribution >= 4 is 17.3 Å². The van der Waals surface area contributed by atoms with E-state index in [4.69, 9.17) is 9.26 Å². The van der Waals surface area contributed by atoms with E-state index >= 15 is 0 Å². The first-order valence-electron chi connectivity index (χ1n) is 6.90. The molecule has 21 heavy (non-hydrogen) atoms. The maximum Gasteiger partial charge on any atom is 0.294 e. The van der Waals surface area contributed by atoms with Gasteiger partial charge >= 0.3 is 0 Å². The Morgan fingerprint density at radius 3 is 2.76 bits per heavy atom. The topological polar surface area (TPSA) is 67.6 Å². The average Bonchev–Trinajstić information content (AvgIpc) is 2.95. The number of aryl methyl sites for hydroxylation is 1. The fraction of sp³-hybridized carbons (Fsp3) is 0.333. The third-order valence-electron chi connectivity index (χ3n) is 3.36. The minimum atomic E-state index is -0.295. The van der Waals surface area contributed by atoms with Crippen LogP contribution in [0.4, 0.5) is 11.4 Å². The van der Waals surface area contributed by atoms with Crippen molar-refractivity contribution in [2.24, 2.45) is 0 Å². The van der Waals surface area contributed by atoms with Gasteiger partial charge in [-0.25, -0.2) is 0 Å². The van der Waals surface area contributed by atoms with Crippen molar-refractivity contribution in [1.82, 2.24) is 5.16 Å². The van der Waals surface area contributed by atoms with Crippen molar-refractivity contribution in [3.8, 4) is 0 Å². The van der Waals surface area contributed by atoms with Gasteiger partial charge in [-0.2, -0.15) is 0 Å². The Balaban J connectivity index is 1.80. The minimum Gasteiger partial charge on any atom is -0.378 e. The zero-order valence-corrected chi connectivity index (χ0v) is 11.8. The third kappa shape index (κ3) is 3.05. The monoisotopic (exact) mass is 287 g/mol. The maximum absolute atomic E-state index is 12.2. The molecule has 1 aliphatic heterocycles. The van der Waals surface area contributed by atoms with E-state index in [1.807, 2.05) is 24.3 Å². The number of anilines is 2. The molecule has 1 saturated heterocycles. The van der Waals surface area contributed by atoms with Gasteiger partial charge in [-0.15, -0.1) is 0 Å². The summed E-state index contributed by atoms with van der Waals surface area (Å²) in [6.45, 7) is 4.80. The molecule has 2 aromatic rings. The molecule has 0 atom stereocenters. The number of benzene rings is 1. The molecule has 0 spiro atoms. The van der Waals surface area contributed by atoms with Crippen LogP contribution in [0.5, 0.6) is 0 Å². The van der Waals surface area contributed by atoms with Gasteiger partial charge in [-0.1, -0.05) is 17.3 Å². The van der Waals surface area contributed by atoms with E-state index in [-0.39, 0.29) is 11.7 Å². The summed E-state index contributed by atoms with van der Waals surface area (Å²) in [5.41, 5.74) is 2.44. The van der Waals surface area contributed by atoms with Crippen LogP contribution in [-0.4, -0.2) is 37.4 Å². The Morgan fingerprint density at radius 1 is 1.29 bits per heavy atom. The zero-order valence-electron chi connectivity index (χ0n) is 11.8. The number of para-hydroxylation sites is 2. The second-order valence-electron chi connectivity index (χ2n) is 4.90. The number of ether oxygens (including phenoxy) is 1. The molecule has 1 N–H and O–H groups in total. The summed E-state index contributed by atoms with van der Waals surface area (Å²) in [4.78, 5) is 14.4. The van der Waals surface area contributed by atoms with Crippen molar-refractivity contribution in [3.05, 3.63) is 41.8 Å². The second-order valence-corrected chi connectivity index (χ2v) is 4.90. The number of nitrogens with zero attached hydrogens (tertiary/aromatic N) is 2. The molecule has 1 fully saturated rings. The fourth-order valence-corrected chi connectivity index (χ4v) is 2.31. The molecule has 1 aliphatic rings. The van der Waals surface area contributed by atoms with Gasteiger partial charge in [0.2, 0.25) is 5.76 Å². The van der Waals surface area contributed by atoms with Gasteiger partial charge in [-0.05, 0) is 19.1 Å². The largest absolute Gasteiger partial charge is 0.378 e. The summed E-state index contributed by atoms with van der Waals surface area (Å²) in [5, 5.41) is 6.61. The van der Waals surface area contributed by atoms with Crippen LogP contribution in [0.25, 0.3) is 0 Å². The molecule has 1 aromatic carbocycles. The van der Waals surface area contributed by atoms with Gasteiger partial charge in [0.25, 0.3) is 5.91 Å². The van der Waals surface area contributed by atoms with Crippen LogP contribution in [-0.2, 0) is 4.74 Å². The molecule has 1 aromatic heterocycles. The molecule has 110 valence electrons. The first-order chi connectivity index (χ1) is 10.2. The predicted molar refractivity (Wildman–Crippen MR) is 78.7 cm³/mol. The summed E-state index contributed by atoms with van der Waals surface area (Å²) in [6, 6.07) is 9.34. The highest BCUT2D eigenvalue weighted by molar-refractivity contribution is 6.04. The first-order valence-corrected chi connectivity index (χ1v) is 6.90. The lowest BCUT2D eigenvalue weighted by atomic mass is 10.2. The van der Waals surface area contributed by atoms with Crippen molar-refractivity contribution < 1.29 is 14.1 Å². The molecule has 0 radical (unpaired) electrons. The van der Waals surface area contributed by atoms with Gasteiger partial charge in [0.05, 0.1) is 30.3 Å². The van der Waals surface area contributed by atoms with Gasteiger partial charge in [-0.3, -0.25) is 4.79 Å². The van der Waals surface area contributed by atoms with Crippen LogP contribution in [0, 0.1) is 6.92 Å². The molecule has 6 heteroatoms. The van der Waals surface area contributed by atoms with Crippen LogP contribution >= 0.6 is 0 Å². The highest BCUT2D eigenvalue weighted by atomic mass is 16.5. The summed E-state index contributed by atoms with van der Waals surface area (Å²) >= 11 is 0. The summed E-state index contributed by atoms with van der Waals surface area (Å²) in [7, 11) is 0. The maximum atomic E-state index is 12.2. The Hall–Kier alpha value is -2.34. The number of amides is 1. The minimum absolute atomic E-state index is 0.212. The first kappa shape index (κ1) is 13.6. The molecule has 1 amide bonds. The summed E-state index contributed by atoms with van der Waals surface area (Å²) < 4.78 is 10.3. The average molecular weight is 287 g/mol. The lowest BCUT2D eigenvalue weighted by molar-refractivity contribution is 0.0988. The molecule has 0 bridgehead atoms. The number of hydrogen-bond acceptors (Lipinski definition) is 5. The Morgan fingerprint density at radius 2 is 2.05 bits per heavy atom. The Kier molecular flexibility index (Phi) is 3.87. The normalized spacial score (nSPS) is 15.0. The van der Waals surface area contributed by atoms with Crippen molar-refractivity contribution in [2.45, 2.75) is 6.92 Å². The molecule has 0 aliphatic carbocycles. The van der Waals surface area contributed by atoms with E-state index in [1.54, 1.807) is 13.0 Å².